The number of hydrogen-bond acceptors (Lipinski definition) is 3. The lowest BCUT2D eigenvalue weighted by Crippen LogP contribution is -2.23. The van der Waals surface area contributed by atoms with E-state index >= 15 is 0 Å². The van der Waals surface area contributed by atoms with Crippen LogP contribution in [-0.2, 0) is 6.42 Å². The van der Waals surface area contributed by atoms with Crippen LogP contribution in [0.3, 0.4) is 0 Å². The quantitative estimate of drug-likeness (QED) is 0.876. The Hall–Kier alpha value is -1.87. The molecule has 1 unspecified atom stereocenters. The summed E-state index contributed by atoms with van der Waals surface area (Å²) in [5.74, 6) is 0.598. The second-order valence-electron chi connectivity index (χ2n) is 5.07. The number of hydrogen-bond donors (Lipinski definition) is 2. The lowest BCUT2D eigenvalue weighted by atomic mass is 9.97. The first-order valence-electron chi connectivity index (χ1n) is 7.20. The summed E-state index contributed by atoms with van der Waals surface area (Å²) < 4.78 is 0. The number of nitrogen functional groups attached to an aromatic ring is 1. The number of nitrogens with zero attached hydrogens (tertiary/aromatic N) is 1. The summed E-state index contributed by atoms with van der Waals surface area (Å²) >= 11 is 0. The molecule has 2 rings (SSSR count). The smallest absolute Gasteiger partial charge is 0.128 e. The fourth-order valence-corrected chi connectivity index (χ4v) is 2.39. The lowest BCUT2D eigenvalue weighted by molar-refractivity contribution is 0.630. The predicted molar refractivity (Wildman–Crippen MR) is 84.7 cm³/mol. The van der Waals surface area contributed by atoms with Gasteiger partial charge in [0, 0.05) is 11.8 Å². The Bertz CT molecular complexity index is 561. The van der Waals surface area contributed by atoms with Gasteiger partial charge in [-0.05, 0) is 42.6 Å². The molecule has 1 heterocycles. The van der Waals surface area contributed by atoms with Gasteiger partial charge < -0.3 is 11.1 Å². The van der Waals surface area contributed by atoms with Gasteiger partial charge in [-0.1, -0.05) is 38.1 Å². The van der Waals surface area contributed by atoms with Gasteiger partial charge in [0.15, 0.2) is 0 Å². The number of aromatic nitrogens is 1. The number of aryl methyl sites for hydroxylation is 2. The zero-order valence-electron chi connectivity index (χ0n) is 12.5. The van der Waals surface area contributed by atoms with E-state index in [0.29, 0.717) is 5.82 Å². The van der Waals surface area contributed by atoms with Crippen molar-refractivity contribution < 1.29 is 0 Å². The maximum atomic E-state index is 6.06. The molecule has 0 spiro atoms. The first-order valence-corrected chi connectivity index (χ1v) is 7.20. The van der Waals surface area contributed by atoms with Gasteiger partial charge in [0.1, 0.15) is 5.82 Å². The van der Waals surface area contributed by atoms with Crippen molar-refractivity contribution >= 4 is 5.82 Å². The molecule has 20 heavy (non-hydrogen) atoms. The molecular weight excluding hydrogens is 246 g/mol. The zero-order valence-corrected chi connectivity index (χ0v) is 12.5. The third-order valence-electron chi connectivity index (χ3n) is 3.53. The van der Waals surface area contributed by atoms with E-state index in [1.807, 2.05) is 13.1 Å². The molecule has 3 N–H and O–H groups in total. The van der Waals surface area contributed by atoms with Crippen LogP contribution in [-0.4, -0.2) is 11.5 Å². The molecule has 1 aromatic heterocycles. The van der Waals surface area contributed by atoms with E-state index in [9.17, 15) is 0 Å². The molecule has 0 aliphatic rings. The van der Waals surface area contributed by atoms with E-state index < -0.39 is 0 Å². The standard InChI is InChI=1S/C17H23N3/c1-4-13-6-8-14(9-7-13)16(19-5-2)15-10-12(3)11-20-17(15)18/h6-11,16,19H,4-5H2,1-3H3,(H2,18,20). The monoisotopic (exact) mass is 269 g/mol. The molecule has 106 valence electrons. The minimum atomic E-state index is 0.0957. The lowest BCUT2D eigenvalue weighted by Gasteiger charge is -2.21. The fraction of sp³-hybridized carbons (Fsp3) is 0.353. The largest absolute Gasteiger partial charge is 0.383 e. The second-order valence-corrected chi connectivity index (χ2v) is 5.07. The van der Waals surface area contributed by atoms with Gasteiger partial charge in [0.05, 0.1) is 6.04 Å². The fourth-order valence-electron chi connectivity index (χ4n) is 2.39. The summed E-state index contributed by atoms with van der Waals surface area (Å²) in [6, 6.07) is 10.9. The maximum absolute atomic E-state index is 6.06. The summed E-state index contributed by atoms with van der Waals surface area (Å²) in [5, 5.41) is 3.50. The van der Waals surface area contributed by atoms with Crippen molar-refractivity contribution in [2.75, 3.05) is 12.3 Å². The van der Waals surface area contributed by atoms with Gasteiger partial charge in [-0.25, -0.2) is 4.98 Å². The van der Waals surface area contributed by atoms with Gasteiger partial charge in [0.2, 0.25) is 0 Å². The summed E-state index contributed by atoms with van der Waals surface area (Å²) in [4.78, 5) is 4.28. The van der Waals surface area contributed by atoms with Crippen molar-refractivity contribution in [2.45, 2.75) is 33.2 Å². The van der Waals surface area contributed by atoms with Crippen LogP contribution in [0.4, 0.5) is 5.82 Å². The van der Waals surface area contributed by atoms with E-state index in [1.54, 1.807) is 0 Å². The molecule has 3 heteroatoms. The first-order chi connectivity index (χ1) is 9.65. The summed E-state index contributed by atoms with van der Waals surface area (Å²) in [7, 11) is 0. The number of rotatable bonds is 5. The molecule has 0 bridgehead atoms. The number of nitrogens with one attached hydrogen (secondary N) is 1. The van der Waals surface area contributed by atoms with Crippen LogP contribution in [0, 0.1) is 6.92 Å². The highest BCUT2D eigenvalue weighted by Gasteiger charge is 2.16. The van der Waals surface area contributed by atoms with Crippen LogP contribution in [0.2, 0.25) is 0 Å². The summed E-state index contributed by atoms with van der Waals surface area (Å²) in [6.07, 6.45) is 2.86. The molecule has 0 aliphatic heterocycles. The van der Waals surface area contributed by atoms with E-state index in [-0.39, 0.29) is 6.04 Å². The van der Waals surface area contributed by atoms with Crippen LogP contribution >= 0.6 is 0 Å². The van der Waals surface area contributed by atoms with Crippen molar-refractivity contribution in [1.82, 2.24) is 10.3 Å². The molecule has 0 saturated heterocycles. The molecule has 3 nitrogen and oxygen atoms in total. The Morgan fingerprint density at radius 3 is 2.50 bits per heavy atom. The molecule has 0 saturated carbocycles. The highest BCUT2D eigenvalue weighted by Crippen LogP contribution is 2.26. The van der Waals surface area contributed by atoms with Crippen LogP contribution in [0.5, 0.6) is 0 Å². The molecule has 0 amide bonds. The minimum Gasteiger partial charge on any atom is -0.383 e. The topological polar surface area (TPSA) is 50.9 Å². The highest BCUT2D eigenvalue weighted by molar-refractivity contribution is 5.47. The Labute approximate surface area is 121 Å². The SMILES string of the molecule is CCNC(c1ccc(CC)cc1)c1cc(C)cnc1N. The van der Waals surface area contributed by atoms with Gasteiger partial charge in [-0.15, -0.1) is 0 Å². The molecule has 0 radical (unpaired) electrons. The molecule has 0 aliphatic carbocycles. The van der Waals surface area contributed by atoms with E-state index in [0.717, 1.165) is 24.1 Å². The molecule has 2 aromatic rings. The average Bonchev–Trinajstić information content (AvgIpc) is 2.48. The van der Waals surface area contributed by atoms with Crippen molar-refractivity contribution in [3.8, 4) is 0 Å². The van der Waals surface area contributed by atoms with Gasteiger partial charge in [-0.3, -0.25) is 0 Å². The Morgan fingerprint density at radius 1 is 1.20 bits per heavy atom. The minimum absolute atomic E-state index is 0.0957. The third-order valence-corrected chi connectivity index (χ3v) is 3.53. The number of benzene rings is 1. The van der Waals surface area contributed by atoms with Crippen molar-refractivity contribution in [2.24, 2.45) is 0 Å². The van der Waals surface area contributed by atoms with E-state index in [1.165, 1.54) is 11.1 Å². The normalized spacial score (nSPS) is 12.3. The molecule has 0 fully saturated rings. The first kappa shape index (κ1) is 14.5. The highest BCUT2D eigenvalue weighted by atomic mass is 14.9. The van der Waals surface area contributed by atoms with E-state index in [2.05, 4.69) is 54.5 Å². The van der Waals surface area contributed by atoms with Gasteiger partial charge >= 0.3 is 0 Å². The number of nitrogens with two attached hydrogens (primary N) is 1. The van der Waals surface area contributed by atoms with Crippen LogP contribution in [0.25, 0.3) is 0 Å². The third kappa shape index (κ3) is 3.17. The summed E-state index contributed by atoms with van der Waals surface area (Å²) in [5.41, 5.74) is 10.8. The Balaban J connectivity index is 2.41. The van der Waals surface area contributed by atoms with Gasteiger partial charge in [0.25, 0.3) is 0 Å². The zero-order chi connectivity index (χ0) is 14.5. The molecule has 1 atom stereocenters. The van der Waals surface area contributed by atoms with Gasteiger partial charge in [-0.2, -0.15) is 0 Å². The van der Waals surface area contributed by atoms with Crippen LogP contribution in [0.1, 0.15) is 42.1 Å². The maximum Gasteiger partial charge on any atom is 0.128 e. The number of anilines is 1. The summed E-state index contributed by atoms with van der Waals surface area (Å²) in [6.45, 7) is 7.19. The molecule has 1 aromatic carbocycles. The Morgan fingerprint density at radius 2 is 1.90 bits per heavy atom. The second kappa shape index (κ2) is 6.53. The van der Waals surface area contributed by atoms with Crippen molar-refractivity contribution in [1.29, 1.82) is 0 Å². The van der Waals surface area contributed by atoms with Crippen molar-refractivity contribution in [3.05, 3.63) is 58.8 Å². The van der Waals surface area contributed by atoms with E-state index in [4.69, 9.17) is 5.73 Å². The Kier molecular flexibility index (Phi) is 4.74. The number of pyridine rings is 1. The predicted octanol–water partition coefficient (Wildman–Crippen LogP) is 3.23. The van der Waals surface area contributed by atoms with Crippen LogP contribution < -0.4 is 11.1 Å². The van der Waals surface area contributed by atoms with Crippen molar-refractivity contribution in [3.63, 3.8) is 0 Å². The van der Waals surface area contributed by atoms with Crippen LogP contribution in [0.15, 0.2) is 36.5 Å². The average molecular weight is 269 g/mol. The molecular formula is C17H23N3.